The van der Waals surface area contributed by atoms with Gasteiger partial charge in [0.15, 0.2) is 0 Å². The van der Waals surface area contributed by atoms with Crippen molar-refractivity contribution < 1.29 is 9.47 Å². The second kappa shape index (κ2) is 4.56. The van der Waals surface area contributed by atoms with Gasteiger partial charge in [-0.25, -0.2) is 0 Å². The van der Waals surface area contributed by atoms with Gasteiger partial charge >= 0.3 is 0 Å². The maximum Gasteiger partial charge on any atom is 0.144 e. The third-order valence-corrected chi connectivity index (χ3v) is 4.62. The number of aromatic nitrogens is 2. The quantitative estimate of drug-likeness (QED) is 0.843. The molecule has 1 aromatic carbocycles. The number of morpholine rings is 1. The Labute approximate surface area is 125 Å². The molecule has 1 aromatic heterocycles. The number of hydrogen-bond donors (Lipinski definition) is 0. The molecular formula is C14H14BrN3O2. The number of halogens is 1. The molecule has 20 heavy (non-hydrogen) atoms. The number of ether oxygens (including phenoxy) is 2. The van der Waals surface area contributed by atoms with E-state index in [2.05, 4.69) is 37.1 Å². The zero-order chi connectivity index (χ0) is 13.7. The van der Waals surface area contributed by atoms with Crippen molar-refractivity contribution in [2.75, 3.05) is 25.1 Å². The molecule has 2 bridgehead atoms. The van der Waals surface area contributed by atoms with Crippen LogP contribution in [-0.2, 0) is 4.74 Å². The molecule has 3 saturated heterocycles. The summed E-state index contributed by atoms with van der Waals surface area (Å²) >= 11 is 3.54. The number of fused-ring (bicyclic) bond motifs is 3. The first-order chi connectivity index (χ1) is 9.74. The van der Waals surface area contributed by atoms with E-state index in [0.29, 0.717) is 12.2 Å². The van der Waals surface area contributed by atoms with E-state index < -0.39 is 0 Å². The van der Waals surface area contributed by atoms with Gasteiger partial charge in [0.25, 0.3) is 0 Å². The topological polar surface area (TPSA) is 47.5 Å². The van der Waals surface area contributed by atoms with E-state index >= 15 is 0 Å². The predicted octanol–water partition coefficient (Wildman–Crippen LogP) is 2.38. The van der Waals surface area contributed by atoms with Gasteiger partial charge in [0, 0.05) is 35.4 Å². The SMILES string of the molecule is COc1cc2nncc(Br)c2cc1N1CC2CC(C1)O2. The first-order valence-corrected chi connectivity index (χ1v) is 7.43. The molecule has 6 heteroatoms. The minimum atomic E-state index is 0.369. The first kappa shape index (κ1) is 12.3. The van der Waals surface area contributed by atoms with Gasteiger partial charge in [-0.05, 0) is 22.0 Å². The summed E-state index contributed by atoms with van der Waals surface area (Å²) in [4.78, 5) is 2.34. The van der Waals surface area contributed by atoms with Crippen LogP contribution >= 0.6 is 15.9 Å². The third kappa shape index (κ3) is 1.86. The van der Waals surface area contributed by atoms with Gasteiger partial charge in [0.05, 0.1) is 36.7 Å². The summed E-state index contributed by atoms with van der Waals surface area (Å²) in [6.45, 7) is 1.85. The highest BCUT2D eigenvalue weighted by molar-refractivity contribution is 9.10. The van der Waals surface area contributed by atoms with Crippen LogP contribution in [0.4, 0.5) is 5.69 Å². The molecule has 2 aromatic rings. The third-order valence-electron chi connectivity index (χ3n) is 3.99. The Kier molecular flexibility index (Phi) is 2.82. The van der Waals surface area contributed by atoms with E-state index in [1.165, 1.54) is 6.42 Å². The maximum absolute atomic E-state index is 5.70. The van der Waals surface area contributed by atoms with Crippen molar-refractivity contribution in [1.29, 1.82) is 0 Å². The van der Waals surface area contributed by atoms with Gasteiger partial charge < -0.3 is 14.4 Å². The normalized spacial score (nSPS) is 24.6. The molecule has 0 amide bonds. The molecule has 4 heterocycles. The summed E-state index contributed by atoms with van der Waals surface area (Å²) in [5, 5.41) is 9.17. The number of piperidine rings is 1. The van der Waals surface area contributed by atoms with Crippen LogP contribution in [0.1, 0.15) is 6.42 Å². The molecule has 0 radical (unpaired) electrons. The zero-order valence-corrected chi connectivity index (χ0v) is 12.6. The van der Waals surface area contributed by atoms with Crippen LogP contribution in [0.2, 0.25) is 0 Å². The van der Waals surface area contributed by atoms with Crippen molar-refractivity contribution in [2.24, 2.45) is 0 Å². The number of nitrogens with zero attached hydrogens (tertiary/aromatic N) is 3. The van der Waals surface area contributed by atoms with Crippen LogP contribution in [0.15, 0.2) is 22.8 Å². The summed E-state index contributed by atoms with van der Waals surface area (Å²) in [6.07, 6.45) is 3.64. The summed E-state index contributed by atoms with van der Waals surface area (Å²) < 4.78 is 12.2. The van der Waals surface area contributed by atoms with Crippen LogP contribution in [0.25, 0.3) is 10.9 Å². The Hall–Kier alpha value is -1.40. The number of hydrogen-bond acceptors (Lipinski definition) is 5. The molecule has 2 atom stereocenters. The van der Waals surface area contributed by atoms with Gasteiger partial charge in [-0.1, -0.05) is 0 Å². The fourth-order valence-electron chi connectivity index (χ4n) is 3.01. The molecule has 0 N–H and O–H groups in total. The van der Waals surface area contributed by atoms with Crippen molar-refractivity contribution in [1.82, 2.24) is 10.2 Å². The smallest absolute Gasteiger partial charge is 0.144 e. The Morgan fingerprint density at radius 1 is 1.35 bits per heavy atom. The number of methoxy groups -OCH3 is 1. The molecular weight excluding hydrogens is 322 g/mol. The molecule has 3 aliphatic heterocycles. The minimum absolute atomic E-state index is 0.369. The highest BCUT2D eigenvalue weighted by Gasteiger charge is 2.39. The average Bonchev–Trinajstić information content (AvgIpc) is 2.46. The van der Waals surface area contributed by atoms with E-state index in [-0.39, 0.29) is 0 Å². The Morgan fingerprint density at radius 2 is 2.10 bits per heavy atom. The molecule has 5 nitrogen and oxygen atoms in total. The maximum atomic E-state index is 5.70. The molecule has 0 aliphatic carbocycles. The summed E-state index contributed by atoms with van der Waals surface area (Å²) in [5.74, 6) is 0.839. The molecule has 0 spiro atoms. The predicted molar refractivity (Wildman–Crippen MR) is 79.3 cm³/mol. The van der Waals surface area contributed by atoms with E-state index in [1.54, 1.807) is 13.3 Å². The standard InChI is InChI=1S/C14H14BrN3O2/c1-19-14-4-12-10(11(15)5-16-17-12)3-13(14)18-6-8-2-9(7-18)20-8/h3-5,8-9H,2,6-7H2,1H3. The molecule has 5 rings (SSSR count). The second-order valence-corrected chi connectivity index (χ2v) is 6.11. The van der Waals surface area contributed by atoms with Crippen molar-refractivity contribution >= 4 is 32.5 Å². The number of anilines is 1. The fraction of sp³-hybridized carbons (Fsp3) is 0.429. The molecule has 3 aliphatic rings. The average molecular weight is 336 g/mol. The fourth-order valence-corrected chi connectivity index (χ4v) is 3.42. The van der Waals surface area contributed by atoms with Crippen molar-refractivity contribution in [2.45, 2.75) is 18.6 Å². The van der Waals surface area contributed by atoms with E-state index in [4.69, 9.17) is 9.47 Å². The number of benzene rings is 1. The van der Waals surface area contributed by atoms with Crippen molar-refractivity contribution in [3.8, 4) is 5.75 Å². The lowest BCUT2D eigenvalue weighted by atomic mass is 9.98. The van der Waals surface area contributed by atoms with Gasteiger partial charge in [-0.15, -0.1) is 0 Å². The first-order valence-electron chi connectivity index (χ1n) is 6.64. The lowest BCUT2D eigenvalue weighted by molar-refractivity contribution is -0.133. The lowest BCUT2D eigenvalue weighted by Crippen LogP contribution is -2.57. The van der Waals surface area contributed by atoms with Crippen LogP contribution in [0.5, 0.6) is 5.75 Å². The van der Waals surface area contributed by atoms with Crippen LogP contribution in [0.3, 0.4) is 0 Å². The lowest BCUT2D eigenvalue weighted by Gasteiger charge is -2.48. The Morgan fingerprint density at radius 3 is 2.80 bits per heavy atom. The largest absolute Gasteiger partial charge is 0.495 e. The second-order valence-electron chi connectivity index (χ2n) is 5.25. The van der Waals surface area contributed by atoms with Gasteiger partial charge in [0.2, 0.25) is 0 Å². The summed E-state index contributed by atoms with van der Waals surface area (Å²) in [7, 11) is 1.69. The molecule has 104 valence electrons. The van der Waals surface area contributed by atoms with Gasteiger partial charge in [0.1, 0.15) is 5.75 Å². The highest BCUT2D eigenvalue weighted by atomic mass is 79.9. The van der Waals surface area contributed by atoms with Crippen molar-refractivity contribution in [3.05, 3.63) is 22.8 Å². The van der Waals surface area contributed by atoms with Gasteiger partial charge in [-0.2, -0.15) is 10.2 Å². The minimum Gasteiger partial charge on any atom is -0.495 e. The van der Waals surface area contributed by atoms with Crippen molar-refractivity contribution in [3.63, 3.8) is 0 Å². The van der Waals surface area contributed by atoms with E-state index in [9.17, 15) is 0 Å². The summed E-state index contributed by atoms with van der Waals surface area (Å²) in [6, 6.07) is 4.07. The van der Waals surface area contributed by atoms with Crippen LogP contribution in [-0.4, -0.2) is 42.6 Å². The molecule has 0 saturated carbocycles. The van der Waals surface area contributed by atoms with E-state index in [1.807, 2.05) is 6.07 Å². The highest BCUT2D eigenvalue weighted by Crippen LogP contribution is 2.39. The monoisotopic (exact) mass is 335 g/mol. The molecule has 2 unspecified atom stereocenters. The Bertz CT molecular complexity index is 663. The van der Waals surface area contributed by atoms with Crippen LogP contribution in [0, 0.1) is 0 Å². The zero-order valence-electron chi connectivity index (χ0n) is 11.0. The van der Waals surface area contributed by atoms with E-state index in [0.717, 1.165) is 39.9 Å². The number of rotatable bonds is 2. The van der Waals surface area contributed by atoms with Crippen LogP contribution < -0.4 is 9.64 Å². The van der Waals surface area contributed by atoms with Gasteiger partial charge in [-0.3, -0.25) is 0 Å². The molecule has 3 fully saturated rings. The Balaban J connectivity index is 1.82. The summed E-state index contributed by atoms with van der Waals surface area (Å²) in [5.41, 5.74) is 1.94.